The highest BCUT2D eigenvalue weighted by Gasteiger charge is 2.33. The number of phenolic OH excluding ortho intramolecular Hbond substituents is 1. The lowest BCUT2D eigenvalue weighted by molar-refractivity contribution is -0.137. The van der Waals surface area contributed by atoms with E-state index in [9.17, 15) is 19.8 Å². The molecule has 9 heteroatoms. The number of aromatic hydroxyl groups is 1. The van der Waals surface area contributed by atoms with E-state index < -0.39 is 12.1 Å². The summed E-state index contributed by atoms with van der Waals surface area (Å²) < 4.78 is 16.7. The quantitative estimate of drug-likeness (QED) is 0.0859. The van der Waals surface area contributed by atoms with E-state index in [-0.39, 0.29) is 23.9 Å². The Morgan fingerprint density at radius 3 is 2.13 bits per heavy atom. The van der Waals surface area contributed by atoms with Crippen LogP contribution in [0.5, 0.6) is 23.0 Å². The number of ketones is 1. The van der Waals surface area contributed by atoms with E-state index in [1.165, 1.54) is 0 Å². The number of carbonyl (C=O) groups is 2. The van der Waals surface area contributed by atoms with E-state index in [1.807, 2.05) is 24.3 Å². The van der Waals surface area contributed by atoms with E-state index in [2.05, 4.69) is 11.5 Å². The maximum absolute atomic E-state index is 13.9. The summed E-state index contributed by atoms with van der Waals surface area (Å²) in [5.41, 5.74) is 1.27. The van der Waals surface area contributed by atoms with Crippen LogP contribution in [0.4, 0.5) is 0 Å². The number of aliphatic hydroxyl groups is 1. The molecule has 1 aliphatic heterocycles. The molecule has 0 bridgehead atoms. The van der Waals surface area contributed by atoms with Gasteiger partial charge >= 0.3 is 0 Å². The fourth-order valence-electron chi connectivity index (χ4n) is 5.82. The second kappa shape index (κ2) is 18.1. The molecule has 4 rings (SSSR count). The predicted octanol–water partition coefficient (Wildman–Crippen LogP) is 6.55. The summed E-state index contributed by atoms with van der Waals surface area (Å²) in [6.07, 6.45) is 3.53. The van der Waals surface area contributed by atoms with Crippen molar-refractivity contribution in [1.82, 2.24) is 9.80 Å². The van der Waals surface area contributed by atoms with Gasteiger partial charge in [-0.05, 0) is 118 Å². The summed E-state index contributed by atoms with van der Waals surface area (Å²) in [6.45, 7) is 8.70. The third kappa shape index (κ3) is 11.2. The number of phenols is 1. The molecule has 1 saturated heterocycles. The first-order chi connectivity index (χ1) is 22.7. The van der Waals surface area contributed by atoms with Gasteiger partial charge < -0.3 is 34.2 Å². The molecule has 1 fully saturated rings. The van der Waals surface area contributed by atoms with Crippen molar-refractivity contribution in [2.24, 2.45) is 0 Å². The Morgan fingerprint density at radius 2 is 1.49 bits per heavy atom. The smallest absolute Gasteiger partial charge is 0.222 e. The summed E-state index contributed by atoms with van der Waals surface area (Å²) >= 11 is 0. The number of benzene rings is 3. The lowest BCUT2D eigenvalue weighted by atomic mass is 9.98. The van der Waals surface area contributed by atoms with Crippen LogP contribution in [0.1, 0.15) is 73.9 Å². The van der Waals surface area contributed by atoms with Crippen LogP contribution in [-0.2, 0) is 4.79 Å². The number of nitrogens with zero attached hydrogens (tertiary/aromatic N) is 2. The van der Waals surface area contributed by atoms with Crippen molar-refractivity contribution in [3.05, 3.63) is 96.3 Å². The van der Waals surface area contributed by atoms with Gasteiger partial charge in [0.15, 0.2) is 5.78 Å². The lowest BCUT2D eigenvalue weighted by Gasteiger charge is -2.37. The Morgan fingerprint density at radius 1 is 0.872 bits per heavy atom. The van der Waals surface area contributed by atoms with Crippen molar-refractivity contribution in [1.29, 1.82) is 0 Å². The maximum Gasteiger partial charge on any atom is 0.222 e. The van der Waals surface area contributed by atoms with Crippen molar-refractivity contribution in [2.45, 2.75) is 64.0 Å². The van der Waals surface area contributed by atoms with Crippen molar-refractivity contribution in [3.8, 4) is 23.0 Å². The molecular weight excluding hydrogens is 596 g/mol. The number of amides is 1. The molecule has 3 aromatic carbocycles. The average Bonchev–Trinajstić information content (AvgIpc) is 3.60. The van der Waals surface area contributed by atoms with E-state index in [0.29, 0.717) is 79.5 Å². The summed E-state index contributed by atoms with van der Waals surface area (Å²) in [6, 6.07) is 20.4. The van der Waals surface area contributed by atoms with Gasteiger partial charge in [0.25, 0.3) is 0 Å². The SMILES string of the molecule is C=C(C)Oc1ccc(OCCCN(C(=O)CCCCC(=O)c2ccc(OC)cc2)[C@H](CN2CCCC2)[C@H](O)c2ccc(O)cc2)cc1. The first-order valence-electron chi connectivity index (χ1n) is 16.5. The first kappa shape index (κ1) is 35.5. The Hall–Kier alpha value is -4.34. The Balaban J connectivity index is 1.42. The van der Waals surface area contributed by atoms with E-state index in [1.54, 1.807) is 67.5 Å². The fraction of sp³-hybridized carbons (Fsp3) is 0.421. The largest absolute Gasteiger partial charge is 0.508 e. The number of unbranched alkanes of at least 4 members (excludes halogenated alkanes) is 1. The number of allylic oxidation sites excluding steroid dienone is 1. The molecule has 2 N–H and O–H groups in total. The molecule has 1 amide bonds. The molecule has 9 nitrogen and oxygen atoms in total. The first-order valence-corrected chi connectivity index (χ1v) is 16.5. The van der Waals surface area contributed by atoms with Crippen LogP contribution in [0.2, 0.25) is 0 Å². The van der Waals surface area contributed by atoms with E-state index >= 15 is 0 Å². The molecule has 0 aromatic heterocycles. The molecule has 47 heavy (non-hydrogen) atoms. The van der Waals surface area contributed by atoms with Crippen LogP contribution in [-0.4, -0.2) is 77.6 Å². The van der Waals surface area contributed by atoms with Gasteiger partial charge in [0, 0.05) is 31.5 Å². The van der Waals surface area contributed by atoms with E-state index in [0.717, 1.165) is 25.9 Å². The maximum atomic E-state index is 13.9. The van der Waals surface area contributed by atoms with Gasteiger partial charge in [0.2, 0.25) is 5.91 Å². The van der Waals surface area contributed by atoms with Crippen LogP contribution in [0.15, 0.2) is 85.1 Å². The zero-order valence-corrected chi connectivity index (χ0v) is 27.6. The number of ether oxygens (including phenoxy) is 3. The van der Waals surface area contributed by atoms with Gasteiger partial charge in [-0.15, -0.1) is 0 Å². The number of Topliss-reactive ketones (excluding diaryl/α,β-unsaturated/α-hetero) is 1. The lowest BCUT2D eigenvalue weighted by Crippen LogP contribution is -2.50. The number of aliphatic hydroxyl groups excluding tert-OH is 1. The van der Waals surface area contributed by atoms with Crippen LogP contribution in [0, 0.1) is 0 Å². The average molecular weight is 645 g/mol. The minimum absolute atomic E-state index is 0.0305. The molecule has 0 aliphatic carbocycles. The van der Waals surface area contributed by atoms with E-state index in [4.69, 9.17) is 14.2 Å². The minimum atomic E-state index is -0.946. The molecule has 2 atom stereocenters. The third-order valence-corrected chi connectivity index (χ3v) is 8.35. The molecule has 1 aliphatic rings. The highest BCUT2D eigenvalue weighted by molar-refractivity contribution is 5.96. The number of rotatable bonds is 19. The molecule has 0 radical (unpaired) electrons. The van der Waals surface area contributed by atoms with Gasteiger partial charge in [-0.2, -0.15) is 0 Å². The van der Waals surface area contributed by atoms with Crippen LogP contribution in [0.3, 0.4) is 0 Å². The predicted molar refractivity (Wildman–Crippen MR) is 182 cm³/mol. The molecule has 0 saturated carbocycles. The normalized spacial score (nSPS) is 14.3. The molecule has 1 heterocycles. The van der Waals surface area contributed by atoms with Crippen molar-refractivity contribution < 1.29 is 34.0 Å². The Kier molecular flexibility index (Phi) is 13.7. The van der Waals surface area contributed by atoms with Crippen LogP contribution in [0.25, 0.3) is 0 Å². The van der Waals surface area contributed by atoms with Crippen molar-refractivity contribution in [3.63, 3.8) is 0 Å². The molecule has 0 spiro atoms. The number of carbonyl (C=O) groups excluding carboxylic acids is 2. The van der Waals surface area contributed by atoms with Gasteiger partial charge in [-0.25, -0.2) is 0 Å². The molecule has 0 unspecified atom stereocenters. The van der Waals surface area contributed by atoms with Crippen molar-refractivity contribution in [2.75, 3.05) is 39.9 Å². The van der Waals surface area contributed by atoms with Crippen molar-refractivity contribution >= 4 is 11.7 Å². The summed E-state index contributed by atoms with van der Waals surface area (Å²) in [7, 11) is 1.59. The highest BCUT2D eigenvalue weighted by Crippen LogP contribution is 2.27. The van der Waals surface area contributed by atoms with Crippen LogP contribution < -0.4 is 14.2 Å². The standard InChI is InChI=1S/C38H48N2O7/c1-28(2)47-34-21-19-33(20-22-34)46-26-8-25-40(37(43)10-5-4-9-36(42)29-13-17-32(45-3)18-14-29)35(27-39-23-6-7-24-39)38(44)30-11-15-31(41)16-12-30/h11-22,35,38,41,44H,1,4-10,23-27H2,2-3H3/t35-,38-/m1/s1. The number of hydrogen-bond acceptors (Lipinski definition) is 8. The summed E-state index contributed by atoms with van der Waals surface area (Å²) in [5, 5.41) is 21.5. The van der Waals surface area contributed by atoms with Gasteiger partial charge in [0.05, 0.1) is 25.5 Å². The Labute approximate surface area is 278 Å². The topological polar surface area (TPSA) is 109 Å². The molecule has 3 aromatic rings. The molecular formula is C38H48N2O7. The molecule has 252 valence electrons. The Bertz CT molecular complexity index is 1420. The summed E-state index contributed by atoms with van der Waals surface area (Å²) in [5.74, 6) is 2.75. The third-order valence-electron chi connectivity index (χ3n) is 8.35. The second-order valence-corrected chi connectivity index (χ2v) is 12.0. The van der Waals surface area contributed by atoms with Gasteiger partial charge in [0.1, 0.15) is 29.1 Å². The monoisotopic (exact) mass is 644 g/mol. The zero-order chi connectivity index (χ0) is 33.6. The second-order valence-electron chi connectivity index (χ2n) is 12.0. The summed E-state index contributed by atoms with van der Waals surface area (Å²) in [4.78, 5) is 30.8. The van der Waals surface area contributed by atoms with Gasteiger partial charge in [-0.1, -0.05) is 18.7 Å². The highest BCUT2D eigenvalue weighted by atomic mass is 16.5. The number of methoxy groups -OCH3 is 1. The number of likely N-dealkylation sites (tertiary alicyclic amines) is 1. The minimum Gasteiger partial charge on any atom is -0.508 e. The van der Waals surface area contributed by atoms with Crippen LogP contribution >= 0.6 is 0 Å². The van der Waals surface area contributed by atoms with Gasteiger partial charge in [-0.3, -0.25) is 9.59 Å². The number of hydrogen-bond donors (Lipinski definition) is 2. The zero-order valence-electron chi connectivity index (χ0n) is 27.6. The fourth-order valence-corrected chi connectivity index (χ4v) is 5.82.